The number of hydrogen-bond donors (Lipinski definition) is 4. The second kappa shape index (κ2) is 9.86. The van der Waals surface area contributed by atoms with E-state index in [0.29, 0.717) is 12.3 Å². The molecule has 1 fully saturated rings. The number of aromatic hydroxyl groups is 1. The van der Waals surface area contributed by atoms with Crippen molar-refractivity contribution in [3.63, 3.8) is 0 Å². The first-order chi connectivity index (χ1) is 18.4. The van der Waals surface area contributed by atoms with Crippen molar-refractivity contribution < 1.29 is 34.8 Å². The molecule has 218 valence electrons. The van der Waals surface area contributed by atoms with E-state index >= 15 is 0 Å². The van der Waals surface area contributed by atoms with Crippen LogP contribution in [0.2, 0.25) is 0 Å². The Morgan fingerprint density at radius 1 is 1.02 bits per heavy atom. The van der Waals surface area contributed by atoms with Gasteiger partial charge >= 0.3 is 0 Å². The van der Waals surface area contributed by atoms with Crippen LogP contribution in [-0.4, -0.2) is 43.4 Å². The first kappa shape index (κ1) is 30.0. The monoisotopic (exact) mass is 552 g/mol. The Hall–Kier alpha value is -2.93. The van der Waals surface area contributed by atoms with Gasteiger partial charge in [0.05, 0.1) is 5.56 Å². The smallest absolute Gasteiger partial charge is 0.203 e. The van der Waals surface area contributed by atoms with Crippen molar-refractivity contribution in [2.75, 3.05) is 0 Å². The molecule has 5 atom stereocenters. The molecule has 40 heavy (non-hydrogen) atoms. The van der Waals surface area contributed by atoms with Crippen LogP contribution in [-0.2, 0) is 20.8 Å². The summed E-state index contributed by atoms with van der Waals surface area (Å²) in [4.78, 5) is 40.5. The van der Waals surface area contributed by atoms with Gasteiger partial charge in [-0.05, 0) is 61.1 Å². The largest absolute Gasteiger partial charge is 0.508 e. The number of phenols is 1. The Morgan fingerprint density at radius 2 is 1.65 bits per heavy atom. The third-order valence-electron chi connectivity index (χ3n) is 9.87. The SMILES string of the molecule is CC(=O)C1=C(O)[C@]2(O)C(=O)C3=C(O)c4c(O)ccc(C(C)CCCC(C)C)c4C[C@]3(C)C[C@]2(C)C(C(C)C)C1=O. The highest BCUT2D eigenvalue weighted by Gasteiger charge is 2.72. The summed E-state index contributed by atoms with van der Waals surface area (Å²) in [6.07, 6.45) is 3.45. The van der Waals surface area contributed by atoms with Gasteiger partial charge in [-0.2, -0.15) is 0 Å². The van der Waals surface area contributed by atoms with Crippen molar-refractivity contribution in [1.82, 2.24) is 0 Å². The van der Waals surface area contributed by atoms with Crippen LogP contribution in [0.15, 0.2) is 29.0 Å². The van der Waals surface area contributed by atoms with Crippen molar-refractivity contribution in [2.24, 2.45) is 28.6 Å². The molecule has 0 aromatic heterocycles. The molecule has 2 unspecified atom stereocenters. The normalized spacial score (nSPS) is 30.9. The fourth-order valence-corrected chi connectivity index (χ4v) is 8.19. The molecule has 0 heterocycles. The lowest BCUT2D eigenvalue weighted by Gasteiger charge is -2.59. The molecule has 4 N–H and O–H groups in total. The van der Waals surface area contributed by atoms with E-state index in [9.17, 15) is 34.8 Å². The zero-order chi connectivity index (χ0) is 30.1. The molecule has 0 amide bonds. The van der Waals surface area contributed by atoms with Crippen LogP contribution in [0.3, 0.4) is 0 Å². The van der Waals surface area contributed by atoms with Crippen molar-refractivity contribution in [2.45, 2.75) is 99.0 Å². The highest BCUT2D eigenvalue weighted by molar-refractivity contribution is 6.24. The number of carbonyl (C=O) groups is 3. The average Bonchev–Trinajstić information content (AvgIpc) is 2.80. The molecule has 0 aliphatic heterocycles. The first-order valence-electron chi connectivity index (χ1n) is 14.5. The molecule has 3 aliphatic carbocycles. The quantitative estimate of drug-likeness (QED) is 0.300. The topological polar surface area (TPSA) is 132 Å². The number of phenolic OH excluding ortho intramolecular Hbond substituents is 1. The predicted octanol–water partition coefficient (Wildman–Crippen LogP) is 6.12. The van der Waals surface area contributed by atoms with Gasteiger partial charge in [-0.25, -0.2) is 0 Å². The number of benzene rings is 1. The number of allylic oxidation sites excluding steroid dienone is 1. The zero-order valence-corrected chi connectivity index (χ0v) is 25.0. The summed E-state index contributed by atoms with van der Waals surface area (Å²) in [7, 11) is 0. The lowest BCUT2D eigenvalue weighted by molar-refractivity contribution is -0.178. The van der Waals surface area contributed by atoms with Gasteiger partial charge in [-0.3, -0.25) is 14.4 Å². The molecule has 0 bridgehead atoms. The fourth-order valence-electron chi connectivity index (χ4n) is 8.19. The third-order valence-corrected chi connectivity index (χ3v) is 9.87. The Labute approximate surface area is 237 Å². The van der Waals surface area contributed by atoms with Gasteiger partial charge < -0.3 is 20.4 Å². The molecule has 7 heteroatoms. The maximum atomic E-state index is 14.4. The van der Waals surface area contributed by atoms with Crippen molar-refractivity contribution >= 4 is 23.1 Å². The van der Waals surface area contributed by atoms with Crippen molar-refractivity contribution in [3.8, 4) is 5.75 Å². The maximum Gasteiger partial charge on any atom is 0.203 e. The van der Waals surface area contributed by atoms with E-state index in [1.165, 1.54) is 6.07 Å². The molecule has 0 saturated heterocycles. The number of Topliss-reactive ketones (excluding diaryl/α,β-unsaturated/α-hetero) is 3. The van der Waals surface area contributed by atoms with Crippen LogP contribution in [0.25, 0.3) is 5.76 Å². The number of fused-ring (bicyclic) bond motifs is 3. The van der Waals surface area contributed by atoms with Gasteiger partial charge in [0.2, 0.25) is 5.78 Å². The molecular weight excluding hydrogens is 508 g/mol. The Bertz CT molecular complexity index is 1350. The molecular formula is C33H44O7. The lowest BCUT2D eigenvalue weighted by Crippen LogP contribution is -2.69. The molecule has 3 aliphatic rings. The third kappa shape index (κ3) is 4.07. The Balaban J connectivity index is 1.96. The van der Waals surface area contributed by atoms with Crippen LogP contribution in [0.5, 0.6) is 5.75 Å². The molecule has 0 radical (unpaired) electrons. The van der Waals surface area contributed by atoms with E-state index < -0.39 is 56.8 Å². The second-order valence-electron chi connectivity index (χ2n) is 13.7. The molecule has 1 aromatic rings. The highest BCUT2D eigenvalue weighted by Crippen LogP contribution is 2.65. The van der Waals surface area contributed by atoms with Gasteiger partial charge in [0.15, 0.2) is 17.2 Å². The molecule has 1 aromatic carbocycles. The number of aliphatic hydroxyl groups excluding tert-OH is 2. The standard InChI is InChI=1S/C33H44O7/c1-16(2)10-9-11-18(5)20-12-13-22(35)24-21(20)14-31(7)15-32(8)25(17(3)4)27(36)23(19(6)34)29(38)33(32,40)30(39)26(31)28(24)37/h12-13,16-18,25,35,37-38,40H,9-11,14-15H2,1-8H3/t18?,25?,31-,32-,33+/m1/s1. The van der Waals surface area contributed by atoms with E-state index in [0.717, 1.165) is 37.3 Å². The van der Waals surface area contributed by atoms with Crippen LogP contribution in [0, 0.1) is 28.6 Å². The molecule has 4 rings (SSSR count). The van der Waals surface area contributed by atoms with Crippen LogP contribution < -0.4 is 0 Å². The van der Waals surface area contributed by atoms with E-state index in [1.807, 2.05) is 13.0 Å². The van der Waals surface area contributed by atoms with Crippen molar-refractivity contribution in [3.05, 3.63) is 45.7 Å². The first-order valence-corrected chi connectivity index (χ1v) is 14.5. The minimum absolute atomic E-state index is 0.0915. The van der Waals surface area contributed by atoms with E-state index in [4.69, 9.17) is 0 Å². The van der Waals surface area contributed by atoms with Gasteiger partial charge in [0, 0.05) is 22.3 Å². The zero-order valence-electron chi connectivity index (χ0n) is 25.0. The minimum atomic E-state index is -2.59. The Morgan fingerprint density at radius 3 is 2.20 bits per heavy atom. The number of hydrogen-bond acceptors (Lipinski definition) is 7. The number of carbonyl (C=O) groups excluding carboxylic acids is 3. The summed E-state index contributed by atoms with van der Waals surface area (Å²) in [5.74, 6) is -4.32. The van der Waals surface area contributed by atoms with Crippen molar-refractivity contribution in [1.29, 1.82) is 0 Å². The van der Waals surface area contributed by atoms with Gasteiger partial charge in [0.25, 0.3) is 0 Å². The number of aliphatic hydroxyl groups is 3. The predicted molar refractivity (Wildman–Crippen MR) is 153 cm³/mol. The van der Waals surface area contributed by atoms with Gasteiger partial charge in [-0.15, -0.1) is 0 Å². The van der Waals surface area contributed by atoms with Crippen LogP contribution in [0.4, 0.5) is 0 Å². The average molecular weight is 553 g/mol. The number of ketones is 3. The molecule has 7 nitrogen and oxygen atoms in total. The highest BCUT2D eigenvalue weighted by atomic mass is 16.3. The molecule has 0 spiro atoms. The molecule has 1 saturated carbocycles. The van der Waals surface area contributed by atoms with Gasteiger partial charge in [0.1, 0.15) is 22.8 Å². The second-order valence-corrected chi connectivity index (χ2v) is 13.7. The Kier molecular flexibility index (Phi) is 7.41. The van der Waals surface area contributed by atoms with E-state index in [-0.39, 0.29) is 35.1 Å². The summed E-state index contributed by atoms with van der Waals surface area (Å²) >= 11 is 0. The van der Waals surface area contributed by atoms with Crippen LogP contribution in [0.1, 0.15) is 104 Å². The minimum Gasteiger partial charge on any atom is -0.508 e. The summed E-state index contributed by atoms with van der Waals surface area (Å²) in [6, 6.07) is 3.41. The lowest BCUT2D eigenvalue weighted by atomic mass is 9.43. The summed E-state index contributed by atoms with van der Waals surface area (Å²) in [5.41, 5.74) is -3.78. The number of rotatable bonds is 7. The van der Waals surface area contributed by atoms with E-state index in [2.05, 4.69) is 20.8 Å². The van der Waals surface area contributed by atoms with Gasteiger partial charge in [-0.1, -0.05) is 67.4 Å². The maximum absolute atomic E-state index is 14.4. The van der Waals surface area contributed by atoms with E-state index in [1.54, 1.807) is 20.8 Å². The van der Waals surface area contributed by atoms with Crippen LogP contribution >= 0.6 is 0 Å². The summed E-state index contributed by atoms with van der Waals surface area (Å²) in [5, 5.41) is 46.0. The summed E-state index contributed by atoms with van der Waals surface area (Å²) in [6.45, 7) is 14.7. The fraction of sp³-hybridized carbons (Fsp3) is 0.606. The summed E-state index contributed by atoms with van der Waals surface area (Å²) < 4.78 is 0.